The van der Waals surface area contributed by atoms with Gasteiger partial charge in [-0.25, -0.2) is 4.98 Å². The third-order valence-electron chi connectivity index (χ3n) is 4.62. The standard InChI is InChI=1S/C20H25N3O/c1-15-13-18(10-12-21-15)20(24)23-19-14-17(9-11-22-19)8-7-16-5-3-2-4-6-16/h2-6,9,11,14-15,18,21H,7-8,10,12-13H2,1H3,(H,22,23,24)/t15-,18-/m0/s1. The first-order valence-corrected chi connectivity index (χ1v) is 8.74. The van der Waals surface area contributed by atoms with Gasteiger partial charge in [0.15, 0.2) is 0 Å². The lowest BCUT2D eigenvalue weighted by Gasteiger charge is -2.26. The third-order valence-corrected chi connectivity index (χ3v) is 4.62. The van der Waals surface area contributed by atoms with E-state index < -0.39 is 0 Å². The van der Waals surface area contributed by atoms with Gasteiger partial charge in [0.1, 0.15) is 5.82 Å². The van der Waals surface area contributed by atoms with Crippen LogP contribution < -0.4 is 10.6 Å². The van der Waals surface area contributed by atoms with E-state index in [1.807, 2.05) is 18.2 Å². The van der Waals surface area contributed by atoms with E-state index in [0.717, 1.165) is 32.2 Å². The maximum Gasteiger partial charge on any atom is 0.228 e. The summed E-state index contributed by atoms with van der Waals surface area (Å²) in [5.74, 6) is 0.837. The van der Waals surface area contributed by atoms with Gasteiger partial charge in [-0.1, -0.05) is 30.3 Å². The number of carbonyl (C=O) groups is 1. The molecule has 0 saturated carbocycles. The summed E-state index contributed by atoms with van der Waals surface area (Å²) < 4.78 is 0. The predicted molar refractivity (Wildman–Crippen MR) is 96.9 cm³/mol. The molecule has 0 spiro atoms. The molecular formula is C20H25N3O. The van der Waals surface area contributed by atoms with Gasteiger partial charge in [-0.05, 0) is 62.4 Å². The number of aromatic nitrogens is 1. The fourth-order valence-corrected chi connectivity index (χ4v) is 3.23. The summed E-state index contributed by atoms with van der Waals surface area (Å²) in [5, 5.41) is 6.37. The number of hydrogen-bond acceptors (Lipinski definition) is 3. The van der Waals surface area contributed by atoms with E-state index >= 15 is 0 Å². The Morgan fingerprint density at radius 1 is 1.21 bits per heavy atom. The second-order valence-corrected chi connectivity index (χ2v) is 6.60. The maximum atomic E-state index is 12.4. The van der Waals surface area contributed by atoms with Crippen molar-refractivity contribution >= 4 is 11.7 Å². The van der Waals surface area contributed by atoms with E-state index in [4.69, 9.17) is 0 Å². The van der Waals surface area contributed by atoms with Gasteiger partial charge in [0, 0.05) is 18.2 Å². The van der Waals surface area contributed by atoms with Gasteiger partial charge in [-0.3, -0.25) is 4.79 Å². The average Bonchev–Trinajstić information content (AvgIpc) is 2.61. The van der Waals surface area contributed by atoms with Crippen LogP contribution in [0, 0.1) is 5.92 Å². The number of piperidine rings is 1. The number of benzene rings is 1. The molecule has 0 unspecified atom stereocenters. The zero-order valence-electron chi connectivity index (χ0n) is 14.2. The van der Waals surface area contributed by atoms with Crippen molar-refractivity contribution in [2.24, 2.45) is 5.92 Å². The predicted octanol–water partition coefficient (Wildman–Crippen LogP) is 3.19. The van der Waals surface area contributed by atoms with Gasteiger partial charge >= 0.3 is 0 Å². The second-order valence-electron chi connectivity index (χ2n) is 6.60. The van der Waals surface area contributed by atoms with Gasteiger partial charge in [-0.2, -0.15) is 0 Å². The van der Waals surface area contributed by atoms with Crippen LogP contribution in [0.2, 0.25) is 0 Å². The van der Waals surface area contributed by atoms with Crippen molar-refractivity contribution in [3.63, 3.8) is 0 Å². The molecule has 126 valence electrons. The molecule has 0 radical (unpaired) electrons. The van der Waals surface area contributed by atoms with E-state index in [2.05, 4.69) is 46.8 Å². The lowest BCUT2D eigenvalue weighted by atomic mass is 9.92. The maximum absolute atomic E-state index is 12.4. The molecule has 2 atom stereocenters. The number of amides is 1. The summed E-state index contributed by atoms with van der Waals surface area (Å²) in [5.41, 5.74) is 2.52. The van der Waals surface area contributed by atoms with E-state index in [1.54, 1.807) is 6.20 Å². The number of nitrogens with zero attached hydrogens (tertiary/aromatic N) is 1. The highest BCUT2D eigenvalue weighted by Gasteiger charge is 2.24. The Labute approximate surface area is 143 Å². The molecule has 0 aliphatic carbocycles. The first kappa shape index (κ1) is 16.7. The van der Waals surface area contributed by atoms with Crippen LogP contribution in [-0.4, -0.2) is 23.5 Å². The molecule has 1 amide bonds. The smallest absolute Gasteiger partial charge is 0.228 e. The van der Waals surface area contributed by atoms with Crippen LogP contribution in [0.15, 0.2) is 48.7 Å². The number of pyridine rings is 1. The number of anilines is 1. The molecule has 2 N–H and O–H groups in total. The Morgan fingerprint density at radius 3 is 2.79 bits per heavy atom. The summed E-state index contributed by atoms with van der Waals surface area (Å²) in [4.78, 5) is 16.7. The highest BCUT2D eigenvalue weighted by Crippen LogP contribution is 2.18. The Morgan fingerprint density at radius 2 is 2.00 bits per heavy atom. The van der Waals surface area contributed by atoms with Crippen LogP contribution in [0.1, 0.15) is 30.9 Å². The zero-order chi connectivity index (χ0) is 16.8. The zero-order valence-corrected chi connectivity index (χ0v) is 14.2. The molecular weight excluding hydrogens is 298 g/mol. The minimum Gasteiger partial charge on any atom is -0.314 e. The summed E-state index contributed by atoms with van der Waals surface area (Å²) >= 11 is 0. The highest BCUT2D eigenvalue weighted by molar-refractivity contribution is 5.91. The number of nitrogens with one attached hydrogen (secondary N) is 2. The SMILES string of the molecule is C[C@H]1C[C@@H](C(=O)Nc2cc(CCc3ccccc3)ccn2)CCN1. The molecule has 4 nitrogen and oxygen atoms in total. The number of carbonyl (C=O) groups excluding carboxylic acids is 1. The quantitative estimate of drug-likeness (QED) is 0.888. The molecule has 1 fully saturated rings. The van der Waals surface area contributed by atoms with Gasteiger partial charge in [0.25, 0.3) is 0 Å². The Hall–Kier alpha value is -2.20. The molecule has 1 saturated heterocycles. The first-order valence-electron chi connectivity index (χ1n) is 8.74. The molecule has 1 aliphatic rings. The topological polar surface area (TPSA) is 54.0 Å². The van der Waals surface area contributed by atoms with E-state index in [1.165, 1.54) is 11.1 Å². The van der Waals surface area contributed by atoms with Gasteiger partial charge in [-0.15, -0.1) is 0 Å². The number of aryl methyl sites for hydroxylation is 2. The van der Waals surface area contributed by atoms with Crippen LogP contribution in [-0.2, 0) is 17.6 Å². The third kappa shape index (κ3) is 4.65. The van der Waals surface area contributed by atoms with Crippen molar-refractivity contribution < 1.29 is 4.79 Å². The van der Waals surface area contributed by atoms with Gasteiger partial charge in [0.05, 0.1) is 0 Å². The van der Waals surface area contributed by atoms with Crippen LogP contribution in [0.3, 0.4) is 0 Å². The monoisotopic (exact) mass is 323 g/mol. The number of rotatable bonds is 5. The highest BCUT2D eigenvalue weighted by atomic mass is 16.1. The minimum atomic E-state index is 0.0797. The molecule has 0 bridgehead atoms. The number of hydrogen-bond donors (Lipinski definition) is 2. The lowest BCUT2D eigenvalue weighted by Crippen LogP contribution is -2.40. The largest absolute Gasteiger partial charge is 0.314 e. The normalized spacial score (nSPS) is 20.5. The molecule has 1 aromatic heterocycles. The van der Waals surface area contributed by atoms with E-state index in [-0.39, 0.29) is 11.8 Å². The summed E-state index contributed by atoms with van der Waals surface area (Å²) in [6.45, 7) is 3.03. The minimum absolute atomic E-state index is 0.0797. The first-order chi connectivity index (χ1) is 11.7. The van der Waals surface area contributed by atoms with Crippen molar-refractivity contribution in [2.75, 3.05) is 11.9 Å². The van der Waals surface area contributed by atoms with Gasteiger partial charge < -0.3 is 10.6 Å². The van der Waals surface area contributed by atoms with Crippen LogP contribution in [0.25, 0.3) is 0 Å². The second kappa shape index (κ2) is 8.06. The van der Waals surface area contributed by atoms with Gasteiger partial charge in [0.2, 0.25) is 5.91 Å². The fourth-order valence-electron chi connectivity index (χ4n) is 3.23. The van der Waals surface area contributed by atoms with Crippen molar-refractivity contribution in [2.45, 2.75) is 38.6 Å². The molecule has 1 aromatic carbocycles. The fraction of sp³-hybridized carbons (Fsp3) is 0.400. The van der Waals surface area contributed by atoms with Crippen molar-refractivity contribution in [3.05, 3.63) is 59.8 Å². The Bertz CT molecular complexity index is 672. The van der Waals surface area contributed by atoms with E-state index in [9.17, 15) is 4.79 Å². The van der Waals surface area contributed by atoms with Crippen molar-refractivity contribution in [1.82, 2.24) is 10.3 Å². The molecule has 2 aromatic rings. The van der Waals surface area contributed by atoms with Crippen LogP contribution in [0.4, 0.5) is 5.82 Å². The molecule has 24 heavy (non-hydrogen) atoms. The van der Waals surface area contributed by atoms with Crippen LogP contribution >= 0.6 is 0 Å². The summed E-state index contributed by atoms with van der Waals surface area (Å²) in [6.07, 6.45) is 5.49. The Kier molecular flexibility index (Phi) is 5.59. The molecule has 1 aliphatic heterocycles. The summed E-state index contributed by atoms with van der Waals surface area (Å²) in [6, 6.07) is 14.9. The van der Waals surface area contributed by atoms with Crippen molar-refractivity contribution in [3.8, 4) is 0 Å². The van der Waals surface area contributed by atoms with Crippen molar-refractivity contribution in [1.29, 1.82) is 0 Å². The molecule has 4 heteroatoms. The van der Waals surface area contributed by atoms with E-state index in [0.29, 0.717) is 11.9 Å². The lowest BCUT2D eigenvalue weighted by molar-refractivity contribution is -0.120. The molecule has 3 rings (SSSR count). The average molecular weight is 323 g/mol. The van der Waals surface area contributed by atoms with Crippen LogP contribution in [0.5, 0.6) is 0 Å². The summed E-state index contributed by atoms with van der Waals surface area (Å²) in [7, 11) is 0. The molecule has 2 heterocycles. The Balaban J connectivity index is 1.57.